The summed E-state index contributed by atoms with van der Waals surface area (Å²) in [6, 6.07) is 5.03. The Morgan fingerprint density at radius 1 is 1.23 bits per heavy atom. The zero-order valence-electron chi connectivity index (χ0n) is 13.7. The number of benzene rings is 1. The Morgan fingerprint density at radius 3 is 2.27 bits per heavy atom. The van der Waals surface area contributed by atoms with E-state index in [-0.39, 0.29) is 12.4 Å². The monoisotopic (exact) mass is 306 g/mol. The highest BCUT2D eigenvalue weighted by molar-refractivity contribution is 6.55. The Morgan fingerprint density at radius 2 is 1.82 bits per heavy atom. The Hall–Kier alpha value is -1.50. The van der Waals surface area contributed by atoms with Crippen molar-refractivity contribution in [3.05, 3.63) is 29.2 Å². The predicted octanol–water partition coefficient (Wildman–Crippen LogP) is 2.41. The zero-order chi connectivity index (χ0) is 16.5. The zero-order valence-corrected chi connectivity index (χ0v) is 13.7. The number of aromatic hydroxyl groups is 1. The predicted molar refractivity (Wildman–Crippen MR) is 85.8 cm³/mol. The summed E-state index contributed by atoms with van der Waals surface area (Å²) in [4.78, 5) is 0. The Bertz CT molecular complexity index is 564. The summed E-state index contributed by atoms with van der Waals surface area (Å²) in [7, 11) is 0.882. The Labute approximate surface area is 131 Å². The summed E-state index contributed by atoms with van der Waals surface area (Å²) in [5.41, 5.74) is 0.405. The van der Waals surface area contributed by atoms with Crippen molar-refractivity contribution < 1.29 is 24.3 Å². The first-order chi connectivity index (χ1) is 10.2. The van der Waals surface area contributed by atoms with Gasteiger partial charge in [0.2, 0.25) is 0 Å². The number of methoxy groups -OCH3 is 1. The number of phenols is 1. The SMILES string of the molecule is COc1ccc(C=C(CO)B2OC(C)(C)C(C)(C)O2)cc1O. The molecule has 2 rings (SSSR count). The fraction of sp³-hybridized carbons (Fsp3) is 0.500. The molecule has 1 aliphatic heterocycles. The van der Waals surface area contributed by atoms with Crippen LogP contribution < -0.4 is 4.74 Å². The molecule has 2 N–H and O–H groups in total. The third-order valence-electron chi connectivity index (χ3n) is 4.29. The van der Waals surface area contributed by atoms with E-state index in [9.17, 15) is 10.2 Å². The van der Waals surface area contributed by atoms with Gasteiger partial charge in [0, 0.05) is 0 Å². The van der Waals surface area contributed by atoms with E-state index in [0.29, 0.717) is 11.2 Å². The van der Waals surface area contributed by atoms with Gasteiger partial charge in [-0.15, -0.1) is 0 Å². The van der Waals surface area contributed by atoms with Crippen molar-refractivity contribution in [3.8, 4) is 11.5 Å². The van der Waals surface area contributed by atoms with Gasteiger partial charge >= 0.3 is 7.12 Å². The molecule has 0 spiro atoms. The highest BCUT2D eigenvalue weighted by Crippen LogP contribution is 2.39. The van der Waals surface area contributed by atoms with Crippen LogP contribution in [0.3, 0.4) is 0 Å². The summed E-state index contributed by atoms with van der Waals surface area (Å²) in [6.45, 7) is 7.65. The molecule has 1 fully saturated rings. The van der Waals surface area contributed by atoms with E-state index in [0.717, 1.165) is 5.56 Å². The van der Waals surface area contributed by atoms with E-state index in [1.54, 1.807) is 24.3 Å². The van der Waals surface area contributed by atoms with Gasteiger partial charge < -0.3 is 24.3 Å². The molecule has 0 aliphatic carbocycles. The Kier molecular flexibility index (Phi) is 4.56. The van der Waals surface area contributed by atoms with Crippen LogP contribution in [-0.2, 0) is 9.31 Å². The van der Waals surface area contributed by atoms with Crippen LogP contribution in [0.1, 0.15) is 33.3 Å². The van der Waals surface area contributed by atoms with Gasteiger partial charge in [-0.25, -0.2) is 0 Å². The van der Waals surface area contributed by atoms with Crippen molar-refractivity contribution in [3.63, 3.8) is 0 Å². The van der Waals surface area contributed by atoms with Crippen LogP contribution in [0.4, 0.5) is 0 Å². The number of hydrogen-bond acceptors (Lipinski definition) is 5. The molecular weight excluding hydrogens is 283 g/mol. The molecule has 0 radical (unpaired) electrons. The molecule has 5 nitrogen and oxygen atoms in total. The number of phenolic OH excluding ortho intramolecular Hbond substituents is 1. The van der Waals surface area contributed by atoms with Crippen molar-refractivity contribution in [2.24, 2.45) is 0 Å². The lowest BCUT2D eigenvalue weighted by Crippen LogP contribution is -2.41. The van der Waals surface area contributed by atoms with Crippen LogP contribution in [0.2, 0.25) is 0 Å². The summed E-state index contributed by atoms with van der Waals surface area (Å²) in [5, 5.41) is 19.5. The van der Waals surface area contributed by atoms with Crippen LogP contribution in [0.25, 0.3) is 6.08 Å². The summed E-state index contributed by atoms with van der Waals surface area (Å²) < 4.78 is 16.9. The lowest BCUT2D eigenvalue weighted by Gasteiger charge is -2.32. The molecular formula is C16H23BO5. The van der Waals surface area contributed by atoms with Crippen molar-refractivity contribution in [1.82, 2.24) is 0 Å². The number of rotatable bonds is 4. The fourth-order valence-electron chi connectivity index (χ4n) is 2.19. The largest absolute Gasteiger partial charge is 0.504 e. The number of aliphatic hydroxyl groups is 1. The normalized spacial score (nSPS) is 20.3. The quantitative estimate of drug-likeness (QED) is 0.836. The molecule has 0 atom stereocenters. The topological polar surface area (TPSA) is 68.2 Å². The molecule has 6 heteroatoms. The van der Waals surface area contributed by atoms with Gasteiger partial charge in [0.15, 0.2) is 11.5 Å². The molecule has 1 aromatic carbocycles. The van der Waals surface area contributed by atoms with Gasteiger partial charge in [-0.3, -0.25) is 0 Å². The van der Waals surface area contributed by atoms with Crippen molar-refractivity contribution >= 4 is 13.2 Å². The highest BCUT2D eigenvalue weighted by Gasteiger charge is 2.52. The third kappa shape index (κ3) is 3.14. The maximum atomic E-state index is 9.83. The van der Waals surface area contributed by atoms with Gasteiger partial charge in [0.05, 0.1) is 24.9 Å². The van der Waals surface area contributed by atoms with E-state index in [1.165, 1.54) is 7.11 Å². The average molecular weight is 306 g/mol. The van der Waals surface area contributed by atoms with E-state index in [2.05, 4.69) is 0 Å². The average Bonchev–Trinajstić information content (AvgIpc) is 2.65. The van der Waals surface area contributed by atoms with E-state index in [1.807, 2.05) is 27.7 Å². The molecule has 120 valence electrons. The summed E-state index contributed by atoms with van der Waals surface area (Å²) in [6.07, 6.45) is 1.75. The first-order valence-electron chi connectivity index (χ1n) is 7.24. The van der Waals surface area contributed by atoms with Crippen molar-refractivity contribution in [2.75, 3.05) is 13.7 Å². The van der Waals surface area contributed by atoms with E-state index in [4.69, 9.17) is 14.0 Å². The van der Waals surface area contributed by atoms with Crippen LogP contribution in [0.15, 0.2) is 23.7 Å². The second-order valence-electron chi connectivity index (χ2n) is 6.40. The van der Waals surface area contributed by atoms with Crippen LogP contribution >= 0.6 is 0 Å². The standard InChI is InChI=1S/C16H23BO5/c1-15(2)16(3,4)22-17(21-15)12(10-18)8-11-6-7-14(20-5)13(19)9-11/h6-9,18-19H,10H2,1-5H3. The van der Waals surface area contributed by atoms with Gasteiger partial charge in [0.25, 0.3) is 0 Å². The minimum absolute atomic E-state index is 0.0439. The summed E-state index contributed by atoms with van der Waals surface area (Å²) >= 11 is 0. The second-order valence-corrected chi connectivity index (χ2v) is 6.40. The van der Waals surface area contributed by atoms with Gasteiger partial charge in [-0.05, 0) is 50.9 Å². The maximum absolute atomic E-state index is 9.83. The number of aliphatic hydroxyl groups excluding tert-OH is 1. The minimum Gasteiger partial charge on any atom is -0.504 e. The van der Waals surface area contributed by atoms with Crippen molar-refractivity contribution in [2.45, 2.75) is 38.9 Å². The molecule has 1 aliphatic rings. The summed E-state index contributed by atoms with van der Waals surface area (Å²) in [5.74, 6) is 0.445. The Balaban J connectivity index is 2.27. The lowest BCUT2D eigenvalue weighted by molar-refractivity contribution is 0.00578. The van der Waals surface area contributed by atoms with Gasteiger partial charge in [-0.2, -0.15) is 0 Å². The second kappa shape index (κ2) is 5.95. The van der Waals surface area contributed by atoms with E-state index < -0.39 is 18.3 Å². The molecule has 0 aromatic heterocycles. The molecule has 0 bridgehead atoms. The molecule has 22 heavy (non-hydrogen) atoms. The molecule has 1 saturated heterocycles. The first-order valence-corrected chi connectivity index (χ1v) is 7.24. The molecule has 0 unspecified atom stereocenters. The highest BCUT2D eigenvalue weighted by atomic mass is 16.7. The number of hydrogen-bond donors (Lipinski definition) is 2. The first kappa shape index (κ1) is 16.9. The van der Waals surface area contributed by atoms with Gasteiger partial charge in [-0.1, -0.05) is 12.1 Å². The van der Waals surface area contributed by atoms with E-state index >= 15 is 0 Å². The number of ether oxygens (including phenoxy) is 1. The minimum atomic E-state index is -0.612. The van der Waals surface area contributed by atoms with Gasteiger partial charge in [0.1, 0.15) is 0 Å². The lowest BCUT2D eigenvalue weighted by atomic mass is 9.77. The smallest absolute Gasteiger partial charge is 0.492 e. The van der Waals surface area contributed by atoms with Crippen LogP contribution in [-0.4, -0.2) is 42.3 Å². The molecule has 0 amide bonds. The molecule has 0 saturated carbocycles. The van der Waals surface area contributed by atoms with Crippen LogP contribution in [0, 0.1) is 0 Å². The van der Waals surface area contributed by atoms with Crippen molar-refractivity contribution in [1.29, 1.82) is 0 Å². The third-order valence-corrected chi connectivity index (χ3v) is 4.29. The molecule has 1 aromatic rings. The fourth-order valence-corrected chi connectivity index (χ4v) is 2.19. The van der Waals surface area contributed by atoms with Crippen LogP contribution in [0.5, 0.6) is 11.5 Å². The molecule has 1 heterocycles. The maximum Gasteiger partial charge on any atom is 0.492 e.